The second kappa shape index (κ2) is 5.75. The lowest BCUT2D eigenvalue weighted by molar-refractivity contribution is 0.115. The van der Waals surface area contributed by atoms with Gasteiger partial charge in [0.25, 0.3) is 0 Å². The first kappa shape index (κ1) is 13.6. The predicted molar refractivity (Wildman–Crippen MR) is 68.2 cm³/mol. The molecule has 1 N–H and O–H groups in total. The molecule has 0 aromatic heterocycles. The van der Waals surface area contributed by atoms with Crippen molar-refractivity contribution in [3.8, 4) is 0 Å². The van der Waals surface area contributed by atoms with E-state index < -0.39 is 0 Å². The second-order valence-corrected chi connectivity index (χ2v) is 4.61. The van der Waals surface area contributed by atoms with E-state index in [1.54, 1.807) is 0 Å². The minimum absolute atomic E-state index is 0. The third-order valence-electron chi connectivity index (χ3n) is 2.27. The molecule has 0 radical (unpaired) electrons. The van der Waals surface area contributed by atoms with Crippen LogP contribution < -0.4 is 5.32 Å². The molecule has 1 aromatic carbocycles. The van der Waals surface area contributed by atoms with Gasteiger partial charge in [-0.2, -0.15) is 0 Å². The molecule has 1 amide bonds. The SMILES string of the molecule is Cl.O=C1N[C@H](c2ccc(Br)cc2Cl)CCO1. The molecule has 1 fully saturated rings. The van der Waals surface area contributed by atoms with E-state index in [0.717, 1.165) is 16.5 Å². The third-order valence-corrected chi connectivity index (χ3v) is 3.09. The number of halogens is 3. The van der Waals surface area contributed by atoms with Gasteiger partial charge in [-0.15, -0.1) is 12.4 Å². The summed E-state index contributed by atoms with van der Waals surface area (Å²) in [5, 5.41) is 3.38. The van der Waals surface area contributed by atoms with E-state index in [1.165, 1.54) is 0 Å². The highest BCUT2D eigenvalue weighted by Gasteiger charge is 2.22. The van der Waals surface area contributed by atoms with Crippen LogP contribution in [0.15, 0.2) is 22.7 Å². The summed E-state index contributed by atoms with van der Waals surface area (Å²) in [5.74, 6) is 0. The van der Waals surface area contributed by atoms with Crippen molar-refractivity contribution < 1.29 is 9.53 Å². The molecule has 0 saturated carbocycles. The lowest BCUT2D eigenvalue weighted by Gasteiger charge is -2.24. The molecule has 1 atom stereocenters. The Hall–Kier alpha value is -0.450. The maximum atomic E-state index is 11.0. The summed E-state index contributed by atoms with van der Waals surface area (Å²) in [7, 11) is 0. The Labute approximate surface area is 113 Å². The van der Waals surface area contributed by atoms with Crippen LogP contribution in [0.4, 0.5) is 4.79 Å². The first-order valence-corrected chi connectivity index (χ1v) is 5.72. The van der Waals surface area contributed by atoms with E-state index in [-0.39, 0.29) is 24.5 Å². The largest absolute Gasteiger partial charge is 0.449 e. The highest BCUT2D eigenvalue weighted by Crippen LogP contribution is 2.29. The molecule has 0 spiro atoms. The fraction of sp³-hybridized carbons (Fsp3) is 0.300. The van der Waals surface area contributed by atoms with Crippen molar-refractivity contribution in [1.82, 2.24) is 5.32 Å². The fourth-order valence-electron chi connectivity index (χ4n) is 1.54. The molecule has 6 heteroatoms. The van der Waals surface area contributed by atoms with Crippen molar-refractivity contribution in [2.75, 3.05) is 6.61 Å². The number of carbonyl (C=O) groups excluding carboxylic acids is 1. The van der Waals surface area contributed by atoms with Crippen LogP contribution in [0.25, 0.3) is 0 Å². The standard InChI is InChI=1S/C10H9BrClNO2.ClH/c11-6-1-2-7(8(12)5-6)9-3-4-15-10(14)13-9;/h1-2,5,9H,3-4H2,(H,13,14);1H/t9-;/m0./s1. The topological polar surface area (TPSA) is 38.3 Å². The van der Waals surface area contributed by atoms with Gasteiger partial charge in [0.1, 0.15) is 0 Å². The van der Waals surface area contributed by atoms with Crippen molar-refractivity contribution in [2.24, 2.45) is 0 Å². The van der Waals surface area contributed by atoms with Crippen LogP contribution >= 0.6 is 39.9 Å². The van der Waals surface area contributed by atoms with Crippen LogP contribution in [0, 0.1) is 0 Å². The lowest BCUT2D eigenvalue weighted by Crippen LogP contribution is -2.35. The van der Waals surface area contributed by atoms with Crippen molar-refractivity contribution in [3.63, 3.8) is 0 Å². The number of benzene rings is 1. The summed E-state index contributed by atoms with van der Waals surface area (Å²) < 4.78 is 5.72. The van der Waals surface area contributed by atoms with Gasteiger partial charge in [-0.25, -0.2) is 4.79 Å². The maximum Gasteiger partial charge on any atom is 0.407 e. The van der Waals surface area contributed by atoms with E-state index in [0.29, 0.717) is 11.6 Å². The molecule has 88 valence electrons. The lowest BCUT2D eigenvalue weighted by atomic mass is 10.0. The number of hydrogen-bond donors (Lipinski definition) is 1. The van der Waals surface area contributed by atoms with Crippen LogP contribution in [0.1, 0.15) is 18.0 Å². The van der Waals surface area contributed by atoms with Gasteiger partial charge in [0.2, 0.25) is 0 Å². The van der Waals surface area contributed by atoms with Crippen molar-refractivity contribution in [2.45, 2.75) is 12.5 Å². The monoisotopic (exact) mass is 325 g/mol. The zero-order valence-corrected chi connectivity index (χ0v) is 11.4. The average Bonchev–Trinajstić information content (AvgIpc) is 2.17. The molecule has 1 aliphatic heterocycles. The molecule has 0 aliphatic carbocycles. The number of amides is 1. The van der Waals surface area contributed by atoms with Gasteiger partial charge in [0.15, 0.2) is 0 Å². The molecule has 1 saturated heterocycles. The first-order valence-electron chi connectivity index (χ1n) is 4.55. The zero-order valence-electron chi connectivity index (χ0n) is 8.20. The van der Waals surface area contributed by atoms with Crippen LogP contribution in [-0.2, 0) is 4.74 Å². The summed E-state index contributed by atoms with van der Waals surface area (Å²) in [6.45, 7) is 0.433. The molecule has 0 bridgehead atoms. The molecule has 1 aromatic rings. The Bertz CT molecular complexity index is 400. The molecular formula is C10H10BrCl2NO2. The van der Waals surface area contributed by atoms with Gasteiger partial charge >= 0.3 is 6.09 Å². The van der Waals surface area contributed by atoms with E-state index in [9.17, 15) is 4.79 Å². The highest BCUT2D eigenvalue weighted by molar-refractivity contribution is 9.10. The number of nitrogens with one attached hydrogen (secondary N) is 1. The number of hydrogen-bond acceptors (Lipinski definition) is 2. The molecule has 3 nitrogen and oxygen atoms in total. The summed E-state index contributed by atoms with van der Waals surface area (Å²) >= 11 is 9.42. The van der Waals surface area contributed by atoms with Gasteiger partial charge in [0.05, 0.1) is 12.6 Å². The van der Waals surface area contributed by atoms with Crippen LogP contribution in [0.2, 0.25) is 5.02 Å². The van der Waals surface area contributed by atoms with E-state index in [4.69, 9.17) is 16.3 Å². The van der Waals surface area contributed by atoms with Gasteiger partial charge in [-0.05, 0) is 17.7 Å². The third kappa shape index (κ3) is 3.03. The molecule has 16 heavy (non-hydrogen) atoms. The molecular weight excluding hydrogens is 317 g/mol. The fourth-order valence-corrected chi connectivity index (χ4v) is 2.35. The van der Waals surface area contributed by atoms with Crippen LogP contribution in [0.5, 0.6) is 0 Å². The molecule has 2 rings (SSSR count). The number of alkyl carbamates (subject to hydrolysis) is 1. The maximum absolute atomic E-state index is 11.0. The normalized spacial score (nSPS) is 19.4. The summed E-state index contributed by atoms with van der Waals surface area (Å²) in [6, 6.07) is 5.58. The van der Waals surface area contributed by atoms with E-state index >= 15 is 0 Å². The van der Waals surface area contributed by atoms with E-state index in [1.807, 2.05) is 18.2 Å². The highest BCUT2D eigenvalue weighted by atomic mass is 79.9. The first-order chi connectivity index (χ1) is 7.16. The number of ether oxygens (including phenoxy) is 1. The zero-order chi connectivity index (χ0) is 10.8. The smallest absolute Gasteiger partial charge is 0.407 e. The molecule has 1 aliphatic rings. The predicted octanol–water partition coefficient (Wildman–Crippen LogP) is 3.70. The van der Waals surface area contributed by atoms with Crippen LogP contribution in [-0.4, -0.2) is 12.7 Å². The van der Waals surface area contributed by atoms with Crippen molar-refractivity contribution in [1.29, 1.82) is 0 Å². The Morgan fingerprint density at radius 2 is 2.25 bits per heavy atom. The second-order valence-electron chi connectivity index (χ2n) is 3.29. The summed E-state index contributed by atoms with van der Waals surface area (Å²) in [4.78, 5) is 11.0. The Morgan fingerprint density at radius 3 is 2.88 bits per heavy atom. The summed E-state index contributed by atoms with van der Waals surface area (Å²) in [6.07, 6.45) is 0.359. The van der Waals surface area contributed by atoms with Gasteiger partial charge in [-0.3, -0.25) is 0 Å². The van der Waals surface area contributed by atoms with Crippen molar-refractivity contribution in [3.05, 3.63) is 33.3 Å². The summed E-state index contributed by atoms with van der Waals surface area (Å²) in [5.41, 5.74) is 0.927. The van der Waals surface area contributed by atoms with E-state index in [2.05, 4.69) is 21.2 Å². The average molecular weight is 327 g/mol. The van der Waals surface area contributed by atoms with Gasteiger partial charge in [0, 0.05) is 15.9 Å². The van der Waals surface area contributed by atoms with Crippen LogP contribution in [0.3, 0.4) is 0 Å². The molecule has 1 heterocycles. The number of rotatable bonds is 1. The Morgan fingerprint density at radius 1 is 1.50 bits per heavy atom. The molecule has 0 unspecified atom stereocenters. The minimum Gasteiger partial charge on any atom is -0.449 e. The number of carbonyl (C=O) groups is 1. The van der Waals surface area contributed by atoms with Gasteiger partial charge < -0.3 is 10.1 Å². The Balaban J connectivity index is 0.00000128. The number of cyclic esters (lactones) is 1. The minimum atomic E-state index is -0.384. The van der Waals surface area contributed by atoms with Crippen molar-refractivity contribution >= 4 is 46.0 Å². The van der Waals surface area contributed by atoms with Gasteiger partial charge in [-0.1, -0.05) is 33.6 Å². The quantitative estimate of drug-likeness (QED) is 0.854. The Kier molecular flexibility index (Phi) is 4.89.